The maximum Gasteiger partial charge on any atom is 0.109 e. The van der Waals surface area contributed by atoms with Gasteiger partial charge in [-0.3, -0.25) is 0 Å². The number of hydrogen-bond donors (Lipinski definition) is 0. The van der Waals surface area contributed by atoms with E-state index in [0.29, 0.717) is 0 Å². The summed E-state index contributed by atoms with van der Waals surface area (Å²) < 4.78 is 38.0. The lowest BCUT2D eigenvalue weighted by atomic mass is 9.89. The van der Waals surface area contributed by atoms with Crippen molar-refractivity contribution in [3.63, 3.8) is 0 Å². The van der Waals surface area contributed by atoms with E-state index >= 15 is 0 Å². The first kappa shape index (κ1) is 32.6. The summed E-state index contributed by atoms with van der Waals surface area (Å²) in [6, 6.07) is 44.4. The van der Waals surface area contributed by atoms with Crippen LogP contribution in [0.3, 0.4) is 0 Å². The predicted molar refractivity (Wildman–Crippen MR) is 213 cm³/mol. The summed E-state index contributed by atoms with van der Waals surface area (Å²) in [5, 5.41) is 9.67. The van der Waals surface area contributed by atoms with Gasteiger partial charge in [-0.2, -0.15) is 0 Å². The van der Waals surface area contributed by atoms with Crippen LogP contribution in [-0.2, 0) is 13.7 Å². The van der Waals surface area contributed by atoms with Crippen molar-refractivity contribution in [2.45, 2.75) is 0 Å². The van der Waals surface area contributed by atoms with Crippen molar-refractivity contribution in [1.29, 1.82) is 0 Å². The van der Waals surface area contributed by atoms with Gasteiger partial charge in [-0.05, 0) is 124 Å². The Labute approximate surface area is 283 Å². The summed E-state index contributed by atoms with van der Waals surface area (Å²) in [6.07, 6.45) is 0. The molecule has 0 aliphatic heterocycles. The van der Waals surface area contributed by atoms with E-state index in [-0.39, 0.29) is 0 Å². The van der Waals surface area contributed by atoms with Crippen LogP contribution in [-0.4, -0.2) is 40.0 Å². The average molecular weight is 685 g/mol. The van der Waals surface area contributed by atoms with Crippen LogP contribution in [0.1, 0.15) is 0 Å². The Kier molecular flexibility index (Phi) is 8.04. The molecular formula is C42H39O3P3. The Bertz CT molecular complexity index is 2200. The molecule has 3 nitrogen and oxygen atoms in total. The van der Waals surface area contributed by atoms with Gasteiger partial charge in [-0.15, -0.1) is 0 Å². The minimum absolute atomic E-state index is 0.881. The molecule has 7 aromatic rings. The van der Waals surface area contributed by atoms with Gasteiger partial charge in [0, 0.05) is 15.9 Å². The van der Waals surface area contributed by atoms with Crippen LogP contribution < -0.4 is 15.9 Å². The molecule has 0 atom stereocenters. The minimum atomic E-state index is -2.34. The van der Waals surface area contributed by atoms with Gasteiger partial charge in [0.1, 0.15) is 21.4 Å². The fourth-order valence-corrected chi connectivity index (χ4v) is 9.18. The van der Waals surface area contributed by atoms with Gasteiger partial charge >= 0.3 is 0 Å². The molecule has 0 aliphatic carbocycles. The molecule has 48 heavy (non-hydrogen) atoms. The van der Waals surface area contributed by atoms with E-state index in [1.807, 2.05) is 36.4 Å². The Morgan fingerprint density at radius 1 is 0.271 bits per heavy atom. The Balaban J connectivity index is 1.45. The molecule has 0 spiro atoms. The number of rotatable bonds is 6. The topological polar surface area (TPSA) is 51.2 Å². The van der Waals surface area contributed by atoms with Crippen LogP contribution in [0.25, 0.3) is 65.7 Å². The van der Waals surface area contributed by atoms with E-state index in [1.165, 1.54) is 32.3 Å². The first-order valence-electron chi connectivity index (χ1n) is 16.1. The van der Waals surface area contributed by atoms with Crippen molar-refractivity contribution in [2.24, 2.45) is 0 Å². The van der Waals surface area contributed by atoms with Crippen LogP contribution in [0.15, 0.2) is 127 Å². The van der Waals surface area contributed by atoms with E-state index in [0.717, 1.165) is 49.3 Å². The van der Waals surface area contributed by atoms with E-state index in [9.17, 15) is 13.7 Å². The Hall–Kier alpha value is -3.99. The molecule has 0 saturated heterocycles. The predicted octanol–water partition coefficient (Wildman–Crippen LogP) is 10.9. The zero-order chi connectivity index (χ0) is 34.0. The third-order valence-electron chi connectivity index (χ3n) is 9.40. The standard InChI is InChI=1S/C42H39O3P3/c1-46(2,43)34-16-7-28(8-17-34)31-13-22-37-40(25-31)38-23-14-32(29-9-18-35(19-10-29)47(3,4)44)27-42(38)39-24-15-33(26-41(37)39)30-11-20-36(21-12-30)48(5,6)45/h7-27H,1-6H3. The molecule has 0 unspecified atom stereocenters. The largest absolute Gasteiger partial charge is 0.319 e. The van der Waals surface area contributed by atoms with Crippen LogP contribution >= 0.6 is 21.4 Å². The molecule has 0 saturated carbocycles. The first-order chi connectivity index (χ1) is 22.7. The molecule has 240 valence electrons. The highest BCUT2D eigenvalue weighted by Crippen LogP contribution is 2.42. The third-order valence-corrected chi connectivity index (χ3v) is 14.0. The maximum atomic E-state index is 12.7. The second kappa shape index (κ2) is 11.9. The quantitative estimate of drug-likeness (QED) is 0.129. The zero-order valence-corrected chi connectivity index (χ0v) is 30.9. The third kappa shape index (κ3) is 6.17. The van der Waals surface area contributed by atoms with Gasteiger partial charge in [0.2, 0.25) is 0 Å². The normalized spacial score (nSPS) is 12.6. The van der Waals surface area contributed by atoms with Gasteiger partial charge in [-0.25, -0.2) is 0 Å². The second-order valence-corrected chi connectivity index (χ2v) is 23.6. The highest BCUT2D eigenvalue weighted by atomic mass is 31.2. The lowest BCUT2D eigenvalue weighted by Gasteiger charge is -2.15. The van der Waals surface area contributed by atoms with Crippen LogP contribution in [0.5, 0.6) is 0 Å². The lowest BCUT2D eigenvalue weighted by molar-refractivity contribution is 0.587. The van der Waals surface area contributed by atoms with Crippen molar-refractivity contribution >= 4 is 69.7 Å². The van der Waals surface area contributed by atoms with Crippen LogP contribution in [0.2, 0.25) is 0 Å². The van der Waals surface area contributed by atoms with Crippen LogP contribution in [0.4, 0.5) is 0 Å². The zero-order valence-electron chi connectivity index (χ0n) is 28.2. The molecule has 0 fully saturated rings. The summed E-state index contributed by atoms with van der Waals surface area (Å²) in [5.41, 5.74) is 6.57. The fraction of sp³-hybridized carbons (Fsp3) is 0.143. The molecule has 0 aliphatic rings. The molecule has 0 heterocycles. The number of hydrogen-bond acceptors (Lipinski definition) is 3. The monoisotopic (exact) mass is 684 g/mol. The van der Waals surface area contributed by atoms with Gasteiger partial charge < -0.3 is 13.7 Å². The summed E-state index contributed by atoms with van der Waals surface area (Å²) in [7, 11) is -7.02. The summed E-state index contributed by atoms with van der Waals surface area (Å²) in [4.78, 5) is 0. The minimum Gasteiger partial charge on any atom is -0.319 e. The lowest BCUT2D eigenvalue weighted by Crippen LogP contribution is -2.01. The van der Waals surface area contributed by atoms with Gasteiger partial charge in [0.05, 0.1) is 0 Å². The summed E-state index contributed by atoms with van der Waals surface area (Å²) >= 11 is 0. The first-order valence-corrected chi connectivity index (χ1v) is 23.9. The highest BCUT2D eigenvalue weighted by molar-refractivity contribution is 7.70. The summed E-state index contributed by atoms with van der Waals surface area (Å²) in [6.45, 7) is 10.8. The van der Waals surface area contributed by atoms with E-state index in [2.05, 4.69) is 91.0 Å². The molecule has 7 aromatic carbocycles. The molecule has 0 N–H and O–H groups in total. The van der Waals surface area contributed by atoms with Crippen molar-refractivity contribution in [3.8, 4) is 33.4 Å². The van der Waals surface area contributed by atoms with Crippen molar-refractivity contribution in [2.75, 3.05) is 40.0 Å². The summed E-state index contributed by atoms with van der Waals surface area (Å²) in [5.74, 6) is 0. The van der Waals surface area contributed by atoms with Crippen LogP contribution in [0, 0.1) is 0 Å². The second-order valence-electron chi connectivity index (χ2n) is 14.0. The van der Waals surface area contributed by atoms with Gasteiger partial charge in [-0.1, -0.05) is 109 Å². The number of benzene rings is 7. The highest BCUT2D eigenvalue weighted by Gasteiger charge is 2.16. The molecule has 0 radical (unpaired) electrons. The van der Waals surface area contributed by atoms with E-state index in [4.69, 9.17) is 0 Å². The molecular weight excluding hydrogens is 645 g/mol. The Morgan fingerprint density at radius 3 is 0.688 bits per heavy atom. The molecule has 7 rings (SSSR count). The molecule has 0 aromatic heterocycles. The van der Waals surface area contributed by atoms with Gasteiger partial charge in [0.15, 0.2) is 0 Å². The van der Waals surface area contributed by atoms with Crippen molar-refractivity contribution in [1.82, 2.24) is 0 Å². The van der Waals surface area contributed by atoms with Crippen molar-refractivity contribution in [3.05, 3.63) is 127 Å². The van der Waals surface area contributed by atoms with E-state index in [1.54, 1.807) is 40.0 Å². The maximum absolute atomic E-state index is 12.7. The van der Waals surface area contributed by atoms with E-state index < -0.39 is 21.4 Å². The van der Waals surface area contributed by atoms with Crippen molar-refractivity contribution < 1.29 is 13.7 Å². The SMILES string of the molecule is CP(C)(=O)c1ccc(-c2ccc3c(c2)c2ccc(-c4ccc(P(C)(C)=O)cc4)cc2c2ccc(-c4ccc(P(C)(C)=O)cc4)cc32)cc1. The average Bonchev–Trinajstić information content (AvgIpc) is 3.06. The smallest absolute Gasteiger partial charge is 0.109 e. The van der Waals surface area contributed by atoms with Gasteiger partial charge in [0.25, 0.3) is 0 Å². The Morgan fingerprint density at radius 2 is 0.479 bits per heavy atom. The molecule has 0 amide bonds. The fourth-order valence-electron chi connectivity index (χ4n) is 6.58. The number of fused-ring (bicyclic) bond motifs is 6. The molecule has 0 bridgehead atoms. The molecule has 6 heteroatoms.